The molecule has 5 nitrogen and oxygen atoms in total. The minimum atomic E-state index is -6.23. The van der Waals surface area contributed by atoms with Crippen molar-refractivity contribution in [3.05, 3.63) is 0 Å². The van der Waals surface area contributed by atoms with Crippen molar-refractivity contribution in [2.75, 3.05) is 13.2 Å². The molecular weight excluding hydrogens is 371 g/mol. The van der Waals surface area contributed by atoms with Crippen LogP contribution in [0.5, 0.6) is 0 Å². The Hall–Kier alpha value is -0.630. The fourth-order valence-corrected chi connectivity index (χ4v) is 1.24. The van der Waals surface area contributed by atoms with Gasteiger partial charge in [-0.15, -0.1) is 0 Å². The van der Waals surface area contributed by atoms with Gasteiger partial charge in [0, 0.05) is 0 Å². The van der Waals surface area contributed by atoms with Crippen molar-refractivity contribution >= 4 is 7.82 Å². The van der Waals surface area contributed by atoms with E-state index in [4.69, 9.17) is 0 Å². The Bertz CT molecular complexity index is 373. The van der Waals surface area contributed by atoms with Gasteiger partial charge < -0.3 is 20.1 Å². The van der Waals surface area contributed by atoms with Gasteiger partial charge in [0.1, 0.15) is 13.2 Å². The summed E-state index contributed by atoms with van der Waals surface area (Å²) < 4.78 is 135. The van der Waals surface area contributed by atoms with E-state index in [1.54, 1.807) is 0 Å². The number of halogens is 10. The molecule has 0 aromatic carbocycles. The van der Waals surface area contributed by atoms with Gasteiger partial charge in [-0.25, -0.2) is 0 Å². The van der Waals surface area contributed by atoms with Crippen molar-refractivity contribution in [2.45, 2.75) is 24.2 Å². The molecule has 0 heterocycles. The van der Waals surface area contributed by atoms with Gasteiger partial charge in [-0.2, -0.15) is 43.9 Å². The first-order valence-electron chi connectivity index (χ1n) is 4.40. The van der Waals surface area contributed by atoms with Crippen molar-refractivity contribution in [2.24, 2.45) is 0 Å². The Morgan fingerprint density at radius 1 is 0.727 bits per heavy atom. The van der Waals surface area contributed by atoms with Crippen LogP contribution in [0, 0.1) is 0 Å². The van der Waals surface area contributed by atoms with Crippen LogP contribution in [0.3, 0.4) is 0 Å². The molecule has 0 saturated heterocycles. The topological polar surface area (TPSA) is 95.1 Å². The van der Waals surface area contributed by atoms with E-state index in [-0.39, 0.29) is 6.15 Å². The molecule has 0 aliphatic heterocycles. The van der Waals surface area contributed by atoms with Crippen LogP contribution in [0.2, 0.25) is 0 Å². The molecule has 0 radical (unpaired) electrons. The van der Waals surface area contributed by atoms with Gasteiger partial charge in [-0.05, 0) is 0 Å². The Labute approximate surface area is 115 Å². The molecule has 0 fully saturated rings. The molecule has 0 rings (SSSR count). The number of phosphoric acid groups is 1. The summed E-state index contributed by atoms with van der Waals surface area (Å²) in [5.74, 6) is -11.4. The number of hydrogen-bond donors (Lipinski definition) is 1. The SMILES string of the molecule is O=P([O-])(OCC(F)(F)C(F)(F)F)OCC(F)(F)C(F)(F)F.[NH4+]. The van der Waals surface area contributed by atoms with Gasteiger partial charge in [-0.1, -0.05) is 0 Å². The molecule has 0 aliphatic rings. The van der Waals surface area contributed by atoms with E-state index in [1.807, 2.05) is 0 Å². The first-order chi connectivity index (χ1) is 8.91. The van der Waals surface area contributed by atoms with E-state index >= 15 is 0 Å². The summed E-state index contributed by atoms with van der Waals surface area (Å²) in [6.45, 7) is -5.73. The lowest BCUT2D eigenvalue weighted by Crippen LogP contribution is -2.42. The van der Waals surface area contributed by atoms with Crippen LogP contribution >= 0.6 is 7.82 Å². The zero-order valence-electron chi connectivity index (χ0n) is 10.3. The molecule has 0 aromatic rings. The molecule has 22 heavy (non-hydrogen) atoms. The van der Waals surface area contributed by atoms with E-state index in [1.165, 1.54) is 0 Å². The second-order valence-electron chi connectivity index (χ2n) is 3.40. The van der Waals surface area contributed by atoms with Gasteiger partial charge >= 0.3 is 24.2 Å². The highest BCUT2D eigenvalue weighted by molar-refractivity contribution is 7.45. The molecule has 136 valence electrons. The zero-order valence-corrected chi connectivity index (χ0v) is 11.2. The number of alkyl halides is 10. The summed E-state index contributed by atoms with van der Waals surface area (Å²) in [6.07, 6.45) is -12.4. The molecule has 0 aromatic heterocycles. The van der Waals surface area contributed by atoms with Crippen LogP contribution in [0.1, 0.15) is 0 Å². The monoisotopic (exact) mass is 379 g/mol. The highest BCUT2D eigenvalue weighted by atomic mass is 31.2. The van der Waals surface area contributed by atoms with Gasteiger partial charge in [0.15, 0.2) is 0 Å². The Kier molecular flexibility index (Phi) is 7.37. The average Bonchev–Trinajstić information content (AvgIpc) is 2.21. The maximum atomic E-state index is 12.2. The van der Waals surface area contributed by atoms with Crippen molar-refractivity contribution < 1.29 is 62.4 Å². The molecule has 0 unspecified atom stereocenters. The number of hydrogen-bond acceptors (Lipinski definition) is 4. The van der Waals surface area contributed by atoms with Crippen LogP contribution in [-0.4, -0.2) is 37.4 Å². The third kappa shape index (κ3) is 6.64. The van der Waals surface area contributed by atoms with Gasteiger partial charge in [0.25, 0.3) is 7.82 Å². The molecule has 0 atom stereocenters. The summed E-state index contributed by atoms with van der Waals surface area (Å²) in [4.78, 5) is 10.6. The smallest absolute Gasteiger partial charge is 0.455 e. The molecule has 0 aliphatic carbocycles. The fourth-order valence-electron chi connectivity index (χ4n) is 0.521. The lowest BCUT2D eigenvalue weighted by Gasteiger charge is -2.28. The number of phosphoric ester groups is 1. The van der Waals surface area contributed by atoms with Gasteiger partial charge in [0.05, 0.1) is 0 Å². The van der Waals surface area contributed by atoms with Gasteiger partial charge in [-0.3, -0.25) is 4.57 Å². The van der Waals surface area contributed by atoms with Crippen LogP contribution in [-0.2, 0) is 13.6 Å². The molecule has 0 bridgehead atoms. The predicted molar refractivity (Wildman–Crippen MR) is 47.5 cm³/mol. The van der Waals surface area contributed by atoms with E-state index in [2.05, 4.69) is 9.05 Å². The maximum Gasteiger partial charge on any atom is 0.455 e. The van der Waals surface area contributed by atoms with Crippen molar-refractivity contribution in [1.82, 2.24) is 6.15 Å². The Morgan fingerprint density at radius 2 is 0.955 bits per heavy atom. The van der Waals surface area contributed by atoms with Gasteiger partial charge in [0.2, 0.25) is 0 Å². The largest absolute Gasteiger partial charge is 0.756 e. The molecule has 0 spiro atoms. The van der Waals surface area contributed by atoms with Crippen LogP contribution in [0.4, 0.5) is 43.9 Å². The van der Waals surface area contributed by atoms with Crippen LogP contribution in [0.25, 0.3) is 0 Å². The van der Waals surface area contributed by atoms with Crippen molar-refractivity contribution in [3.8, 4) is 0 Å². The minimum Gasteiger partial charge on any atom is -0.756 e. The number of quaternary nitrogens is 1. The lowest BCUT2D eigenvalue weighted by molar-refractivity contribution is -0.307. The van der Waals surface area contributed by atoms with E-state index in [0.29, 0.717) is 0 Å². The highest BCUT2D eigenvalue weighted by Gasteiger charge is 2.59. The summed E-state index contributed by atoms with van der Waals surface area (Å²) in [6, 6.07) is 0. The average molecular weight is 379 g/mol. The van der Waals surface area contributed by atoms with E-state index < -0.39 is 45.2 Å². The van der Waals surface area contributed by atoms with Crippen molar-refractivity contribution in [3.63, 3.8) is 0 Å². The third-order valence-electron chi connectivity index (χ3n) is 1.64. The molecule has 4 N–H and O–H groups in total. The standard InChI is InChI=1S/C6H5F10O4P.H3N/c7-3(8,5(11,12)13)1-19-21(17,18)20-2-4(9,10)6(14,15)16;/h1-2H2,(H,17,18);1H3. The minimum absolute atomic E-state index is 0. The Morgan fingerprint density at radius 3 is 1.14 bits per heavy atom. The van der Waals surface area contributed by atoms with Crippen LogP contribution in [0.15, 0.2) is 0 Å². The lowest BCUT2D eigenvalue weighted by atomic mass is 10.3. The predicted octanol–water partition coefficient (Wildman–Crippen LogP) is 3.26. The van der Waals surface area contributed by atoms with E-state index in [0.717, 1.165) is 0 Å². The number of rotatable bonds is 6. The molecule has 0 amide bonds. The molecule has 16 heteroatoms. The first kappa shape index (κ1) is 23.6. The normalized spacial score (nSPS) is 14.7. The van der Waals surface area contributed by atoms with E-state index in [9.17, 15) is 53.4 Å². The highest BCUT2D eigenvalue weighted by Crippen LogP contribution is 2.46. The van der Waals surface area contributed by atoms with Crippen LogP contribution < -0.4 is 11.0 Å². The summed E-state index contributed by atoms with van der Waals surface area (Å²) in [5, 5.41) is 0. The second-order valence-corrected chi connectivity index (χ2v) is 4.81. The first-order valence-corrected chi connectivity index (χ1v) is 5.87. The zero-order chi connectivity index (χ0) is 17.3. The fraction of sp³-hybridized carbons (Fsp3) is 1.00. The summed E-state index contributed by atoms with van der Waals surface area (Å²) in [7, 11) is -6.23. The molecule has 0 saturated carbocycles. The quantitative estimate of drug-likeness (QED) is 0.566. The maximum absolute atomic E-state index is 12.2. The summed E-state index contributed by atoms with van der Waals surface area (Å²) in [5.41, 5.74) is 0. The summed E-state index contributed by atoms with van der Waals surface area (Å²) >= 11 is 0. The third-order valence-corrected chi connectivity index (χ3v) is 2.53. The van der Waals surface area contributed by atoms with Crippen molar-refractivity contribution in [1.29, 1.82) is 0 Å². The Balaban J connectivity index is 0. The second kappa shape index (κ2) is 6.86. The molecular formula is C6H8F10NO4P.